The summed E-state index contributed by atoms with van der Waals surface area (Å²) in [4.78, 5) is 21.7. The normalized spacial score (nSPS) is 15.8. The van der Waals surface area contributed by atoms with Gasteiger partial charge < -0.3 is 15.6 Å². The number of fused-ring (bicyclic) bond motifs is 2. The lowest BCUT2D eigenvalue weighted by atomic mass is 9.90. The molecule has 0 bridgehead atoms. The van der Waals surface area contributed by atoms with Crippen LogP contribution in [0.3, 0.4) is 0 Å². The van der Waals surface area contributed by atoms with Gasteiger partial charge in [0, 0.05) is 49.0 Å². The number of hydrogen-bond donors (Lipinski definition) is 2. The lowest BCUT2D eigenvalue weighted by Gasteiger charge is -2.38. The van der Waals surface area contributed by atoms with Crippen molar-refractivity contribution in [3.05, 3.63) is 138 Å². The standard InChI is InChI=1S/C35H36N4O/c36-32(20-30-21-37-33-17-9-8-16-31(30)33)35(40)39-25-28(19-29-15-7-10-18-34(29)39)24-38(22-26-11-3-1-4-12-26)23-27-13-5-2-6-14-27/h1-18,21,28,32,37H,19-20,22-25,36H2/t28-,32-/m1/s1. The molecule has 0 spiro atoms. The highest BCUT2D eigenvalue weighted by Gasteiger charge is 2.32. The summed E-state index contributed by atoms with van der Waals surface area (Å²) < 4.78 is 0. The third-order valence-corrected chi connectivity index (χ3v) is 7.94. The van der Waals surface area contributed by atoms with Gasteiger partial charge in [0.2, 0.25) is 5.91 Å². The summed E-state index contributed by atoms with van der Waals surface area (Å²) in [5.41, 5.74) is 13.6. The summed E-state index contributed by atoms with van der Waals surface area (Å²) in [5, 5.41) is 1.13. The maximum atomic E-state index is 13.9. The van der Waals surface area contributed by atoms with E-state index in [-0.39, 0.29) is 5.91 Å². The molecule has 0 fully saturated rings. The van der Waals surface area contributed by atoms with Crippen LogP contribution in [0.2, 0.25) is 0 Å². The Kier molecular flexibility index (Phi) is 7.76. The van der Waals surface area contributed by atoms with E-state index in [0.717, 1.165) is 48.2 Å². The maximum absolute atomic E-state index is 13.9. The van der Waals surface area contributed by atoms with Crippen molar-refractivity contribution in [1.82, 2.24) is 9.88 Å². The summed E-state index contributed by atoms with van der Waals surface area (Å²) in [7, 11) is 0. The predicted molar refractivity (Wildman–Crippen MR) is 163 cm³/mol. The minimum atomic E-state index is -0.615. The van der Waals surface area contributed by atoms with Crippen LogP contribution in [0.15, 0.2) is 115 Å². The van der Waals surface area contributed by atoms with Crippen LogP contribution in [-0.4, -0.2) is 34.9 Å². The van der Waals surface area contributed by atoms with Crippen molar-refractivity contribution in [2.75, 3.05) is 18.0 Å². The van der Waals surface area contributed by atoms with Gasteiger partial charge >= 0.3 is 0 Å². The number of amides is 1. The number of aromatic nitrogens is 1. The number of nitrogens with two attached hydrogens (primary N) is 1. The van der Waals surface area contributed by atoms with Gasteiger partial charge in [-0.25, -0.2) is 0 Å². The van der Waals surface area contributed by atoms with E-state index < -0.39 is 6.04 Å². The Labute approximate surface area is 236 Å². The lowest BCUT2D eigenvalue weighted by molar-refractivity contribution is -0.120. The quantitative estimate of drug-likeness (QED) is 0.249. The summed E-state index contributed by atoms with van der Waals surface area (Å²) in [5.74, 6) is 0.284. The minimum Gasteiger partial charge on any atom is -0.361 e. The zero-order valence-electron chi connectivity index (χ0n) is 22.7. The van der Waals surface area contributed by atoms with Crippen LogP contribution in [0.1, 0.15) is 22.3 Å². The summed E-state index contributed by atoms with van der Waals surface area (Å²) in [6, 6.07) is 37.1. The van der Waals surface area contributed by atoms with Crippen LogP contribution < -0.4 is 10.6 Å². The Hall–Kier alpha value is -4.19. The van der Waals surface area contributed by atoms with Crippen molar-refractivity contribution in [3.63, 3.8) is 0 Å². The second kappa shape index (κ2) is 11.9. The fourth-order valence-corrected chi connectivity index (χ4v) is 6.07. The first-order valence-corrected chi connectivity index (χ1v) is 14.1. The highest BCUT2D eigenvalue weighted by atomic mass is 16.2. The number of nitrogens with zero attached hydrogens (tertiary/aromatic N) is 2. The van der Waals surface area contributed by atoms with Crippen molar-refractivity contribution in [2.24, 2.45) is 11.7 Å². The molecule has 2 atom stereocenters. The van der Waals surface area contributed by atoms with Gasteiger partial charge in [0.25, 0.3) is 0 Å². The Morgan fingerprint density at radius 3 is 2.20 bits per heavy atom. The Bertz CT molecular complexity index is 1520. The Morgan fingerprint density at radius 2 is 1.48 bits per heavy atom. The van der Waals surface area contributed by atoms with Crippen molar-refractivity contribution < 1.29 is 4.79 Å². The second-order valence-electron chi connectivity index (χ2n) is 11.0. The van der Waals surface area contributed by atoms with Crippen molar-refractivity contribution in [2.45, 2.75) is 32.0 Å². The molecule has 0 aliphatic carbocycles. The van der Waals surface area contributed by atoms with E-state index in [1.807, 2.05) is 35.4 Å². The van der Waals surface area contributed by atoms with Gasteiger partial charge in [-0.3, -0.25) is 9.69 Å². The molecular formula is C35H36N4O. The average Bonchev–Trinajstić information content (AvgIpc) is 3.40. The minimum absolute atomic E-state index is 0.0138. The first kappa shape index (κ1) is 26.1. The number of benzene rings is 4. The van der Waals surface area contributed by atoms with Crippen molar-refractivity contribution >= 4 is 22.5 Å². The number of para-hydroxylation sites is 2. The summed E-state index contributed by atoms with van der Waals surface area (Å²) in [6.45, 7) is 3.28. The largest absolute Gasteiger partial charge is 0.361 e. The molecule has 1 aliphatic rings. The molecule has 5 aromatic rings. The number of rotatable bonds is 9. The first-order chi connectivity index (χ1) is 19.6. The van der Waals surface area contributed by atoms with E-state index in [9.17, 15) is 4.79 Å². The maximum Gasteiger partial charge on any atom is 0.244 e. The lowest BCUT2D eigenvalue weighted by Crippen LogP contribution is -2.50. The number of nitrogens with one attached hydrogen (secondary N) is 1. The molecule has 202 valence electrons. The Morgan fingerprint density at radius 1 is 0.850 bits per heavy atom. The summed E-state index contributed by atoms with van der Waals surface area (Å²) >= 11 is 0. The number of hydrogen-bond acceptors (Lipinski definition) is 3. The molecule has 5 heteroatoms. The molecule has 0 saturated carbocycles. The molecule has 1 aliphatic heterocycles. The fraction of sp³-hybridized carbons (Fsp3) is 0.229. The number of anilines is 1. The zero-order chi connectivity index (χ0) is 27.3. The SMILES string of the molecule is N[C@H](Cc1c[nH]c2ccccc12)C(=O)N1C[C@@H](CN(Cc2ccccc2)Cc2ccccc2)Cc2ccccc21. The van der Waals surface area contributed by atoms with Gasteiger partial charge in [0.15, 0.2) is 0 Å². The van der Waals surface area contributed by atoms with Crippen molar-refractivity contribution in [3.8, 4) is 0 Å². The predicted octanol–water partition coefficient (Wildman–Crippen LogP) is 5.95. The van der Waals surface area contributed by atoms with Gasteiger partial charge in [-0.05, 0) is 53.1 Å². The molecular weight excluding hydrogens is 492 g/mol. The number of aromatic amines is 1. The fourth-order valence-electron chi connectivity index (χ4n) is 6.07. The molecule has 4 aromatic carbocycles. The van der Waals surface area contributed by atoms with E-state index in [1.54, 1.807) is 0 Å². The molecule has 0 unspecified atom stereocenters. The molecule has 1 aromatic heterocycles. The van der Waals surface area contributed by atoms with Gasteiger partial charge in [-0.15, -0.1) is 0 Å². The average molecular weight is 529 g/mol. The van der Waals surface area contributed by atoms with Gasteiger partial charge in [0.1, 0.15) is 0 Å². The van der Waals surface area contributed by atoms with Crippen LogP contribution in [-0.2, 0) is 30.7 Å². The van der Waals surface area contributed by atoms with Gasteiger partial charge in [-0.1, -0.05) is 97.1 Å². The Balaban J connectivity index is 1.22. The molecule has 3 N–H and O–H groups in total. The van der Waals surface area contributed by atoms with Crippen molar-refractivity contribution in [1.29, 1.82) is 0 Å². The van der Waals surface area contributed by atoms with Crippen LogP contribution in [0, 0.1) is 5.92 Å². The zero-order valence-corrected chi connectivity index (χ0v) is 22.7. The van der Waals surface area contributed by atoms with Crippen LogP contribution in [0.5, 0.6) is 0 Å². The van der Waals surface area contributed by atoms with Crippen LogP contribution in [0.25, 0.3) is 10.9 Å². The third kappa shape index (κ3) is 5.86. The molecule has 5 nitrogen and oxygen atoms in total. The van der Waals surface area contributed by atoms with E-state index in [2.05, 4.69) is 94.8 Å². The van der Waals surface area contributed by atoms with Crippen LogP contribution >= 0.6 is 0 Å². The first-order valence-electron chi connectivity index (χ1n) is 14.1. The number of carbonyl (C=O) groups excluding carboxylic acids is 1. The van der Waals surface area contributed by atoms with E-state index in [4.69, 9.17) is 5.73 Å². The molecule has 40 heavy (non-hydrogen) atoms. The van der Waals surface area contributed by atoms with Gasteiger partial charge in [0.05, 0.1) is 6.04 Å². The third-order valence-electron chi connectivity index (χ3n) is 7.94. The van der Waals surface area contributed by atoms with Gasteiger partial charge in [-0.2, -0.15) is 0 Å². The molecule has 2 heterocycles. The summed E-state index contributed by atoms with van der Waals surface area (Å²) in [6.07, 6.45) is 3.42. The highest BCUT2D eigenvalue weighted by molar-refractivity contribution is 5.98. The molecule has 6 rings (SSSR count). The van der Waals surface area contributed by atoms with Crippen LogP contribution in [0.4, 0.5) is 5.69 Å². The molecule has 0 saturated heterocycles. The molecule has 1 amide bonds. The topological polar surface area (TPSA) is 65.4 Å². The van der Waals surface area contributed by atoms with E-state index in [0.29, 0.717) is 18.9 Å². The molecule has 0 radical (unpaired) electrons. The van der Waals surface area contributed by atoms with E-state index >= 15 is 0 Å². The smallest absolute Gasteiger partial charge is 0.244 e. The number of H-pyrrole nitrogens is 1. The number of carbonyl (C=O) groups is 1. The monoisotopic (exact) mass is 528 g/mol. The second-order valence-corrected chi connectivity index (χ2v) is 11.0. The highest BCUT2D eigenvalue weighted by Crippen LogP contribution is 2.31. The van der Waals surface area contributed by atoms with E-state index in [1.165, 1.54) is 16.7 Å².